The van der Waals surface area contributed by atoms with E-state index >= 15 is 0 Å². The van der Waals surface area contributed by atoms with E-state index in [-0.39, 0.29) is 23.0 Å². The van der Waals surface area contributed by atoms with Gasteiger partial charge < -0.3 is 19.7 Å². The summed E-state index contributed by atoms with van der Waals surface area (Å²) < 4.78 is 11.1. The number of Topliss-reactive ketones (excluding diaryl/α,β-unsaturated/α-hetero) is 2. The number of carbonyl (C=O) groups is 3. The van der Waals surface area contributed by atoms with E-state index in [0.29, 0.717) is 28.3 Å². The zero-order chi connectivity index (χ0) is 29.0. The third-order valence-electron chi connectivity index (χ3n) is 8.85. The number of hydrogen-bond acceptors (Lipinski definition) is 6. The molecule has 3 aliphatic heterocycles. The van der Waals surface area contributed by atoms with Crippen molar-refractivity contribution < 1.29 is 23.9 Å². The van der Waals surface area contributed by atoms with Gasteiger partial charge in [0.15, 0.2) is 11.6 Å². The second-order valence-corrected chi connectivity index (χ2v) is 10.7. The summed E-state index contributed by atoms with van der Waals surface area (Å²) in [5.41, 5.74) is 2.49. The lowest BCUT2D eigenvalue weighted by Crippen LogP contribution is -2.49. The minimum absolute atomic E-state index is 0.275. The normalized spacial score (nSPS) is 23.1. The van der Waals surface area contributed by atoms with Gasteiger partial charge in [0.05, 0.1) is 31.7 Å². The molecule has 1 N–H and O–H groups in total. The van der Waals surface area contributed by atoms with Gasteiger partial charge in [-0.05, 0) is 47.0 Å². The van der Waals surface area contributed by atoms with Crippen molar-refractivity contribution in [2.45, 2.75) is 17.5 Å². The van der Waals surface area contributed by atoms with Gasteiger partial charge in [0.2, 0.25) is 5.91 Å². The first kappa shape index (κ1) is 25.8. The molecule has 4 atom stereocenters. The van der Waals surface area contributed by atoms with Gasteiger partial charge in [-0.2, -0.15) is 0 Å². The van der Waals surface area contributed by atoms with E-state index in [1.165, 1.54) is 14.2 Å². The van der Waals surface area contributed by atoms with Crippen molar-refractivity contribution in [3.8, 4) is 11.5 Å². The number of ketones is 2. The van der Waals surface area contributed by atoms with Crippen LogP contribution in [0.5, 0.6) is 11.5 Å². The van der Waals surface area contributed by atoms with Crippen molar-refractivity contribution in [2.24, 2.45) is 5.92 Å². The summed E-state index contributed by atoms with van der Waals surface area (Å²) in [4.78, 5) is 46.1. The van der Waals surface area contributed by atoms with Crippen molar-refractivity contribution in [1.29, 1.82) is 0 Å². The number of fused-ring (bicyclic) bond motifs is 6. The molecule has 7 rings (SSSR count). The van der Waals surface area contributed by atoms with Crippen LogP contribution in [0.15, 0.2) is 103 Å². The Kier molecular flexibility index (Phi) is 5.97. The fraction of sp³-hybridized carbons (Fsp3) is 0.171. The summed E-state index contributed by atoms with van der Waals surface area (Å²) >= 11 is 0. The highest BCUT2D eigenvalue weighted by Gasteiger charge is 2.70. The number of amides is 1. The highest BCUT2D eigenvalue weighted by Crippen LogP contribution is 2.62. The zero-order valence-corrected chi connectivity index (χ0v) is 23.1. The fourth-order valence-electron chi connectivity index (χ4n) is 7.12. The molecule has 0 saturated carbocycles. The predicted octanol–water partition coefficient (Wildman–Crippen LogP) is 5.69. The van der Waals surface area contributed by atoms with Crippen LogP contribution in [0, 0.1) is 5.92 Å². The molecule has 0 aliphatic carbocycles. The summed E-state index contributed by atoms with van der Waals surface area (Å²) in [6, 6.07) is 27.6. The molecule has 0 aromatic heterocycles. The van der Waals surface area contributed by atoms with E-state index in [0.717, 1.165) is 11.1 Å². The summed E-state index contributed by atoms with van der Waals surface area (Å²) in [5, 5.41) is 3.07. The Morgan fingerprint density at radius 3 is 2.36 bits per heavy atom. The lowest BCUT2D eigenvalue weighted by Gasteiger charge is -2.38. The molecule has 42 heavy (non-hydrogen) atoms. The summed E-state index contributed by atoms with van der Waals surface area (Å²) in [6.45, 7) is 0. The Morgan fingerprint density at radius 2 is 1.57 bits per heavy atom. The maximum Gasteiger partial charge on any atom is 0.238 e. The van der Waals surface area contributed by atoms with Crippen LogP contribution < -0.4 is 14.8 Å². The molecule has 7 heteroatoms. The number of methoxy groups -OCH3 is 2. The van der Waals surface area contributed by atoms with Crippen molar-refractivity contribution in [1.82, 2.24) is 4.90 Å². The van der Waals surface area contributed by atoms with Crippen molar-refractivity contribution in [3.05, 3.63) is 131 Å². The largest absolute Gasteiger partial charge is 0.497 e. The molecule has 1 saturated heterocycles. The number of carbonyl (C=O) groups excluding carboxylic acids is 3. The number of anilines is 1. The predicted molar refractivity (Wildman–Crippen MR) is 159 cm³/mol. The van der Waals surface area contributed by atoms with Gasteiger partial charge in [-0.15, -0.1) is 0 Å². The van der Waals surface area contributed by atoms with Gasteiger partial charge >= 0.3 is 0 Å². The second-order valence-electron chi connectivity index (χ2n) is 10.7. The fourth-order valence-corrected chi connectivity index (χ4v) is 7.12. The van der Waals surface area contributed by atoms with E-state index in [1.807, 2.05) is 71.8 Å². The van der Waals surface area contributed by atoms with E-state index in [4.69, 9.17) is 9.47 Å². The summed E-state index contributed by atoms with van der Waals surface area (Å²) in [5.74, 6) is -1.12. The molecule has 208 valence electrons. The Hall–Kier alpha value is -5.17. The SMILES string of the molecule is COc1ccc(OC)c(C(=O)[C@@H]2[C@H](C(=O)c3ccccc3)[C@@]3(C(=O)Nc4ccccc43)[C@@H]3c4ccccc4C=CN23)c1. The second kappa shape index (κ2) is 9.73. The van der Waals surface area contributed by atoms with Crippen molar-refractivity contribution >= 4 is 29.2 Å². The summed E-state index contributed by atoms with van der Waals surface area (Å²) in [7, 11) is 3.03. The van der Waals surface area contributed by atoms with Crippen LogP contribution in [-0.4, -0.2) is 42.6 Å². The number of rotatable bonds is 6. The maximum atomic E-state index is 14.9. The minimum atomic E-state index is -1.39. The molecule has 0 bridgehead atoms. The average Bonchev–Trinajstić information content (AvgIpc) is 3.52. The number of benzene rings is 4. The molecule has 7 nitrogen and oxygen atoms in total. The molecule has 0 radical (unpaired) electrons. The molecule has 1 amide bonds. The quantitative estimate of drug-likeness (QED) is 0.308. The number of nitrogens with one attached hydrogen (secondary N) is 1. The molecular weight excluding hydrogens is 528 g/mol. The van der Waals surface area contributed by atoms with Crippen LogP contribution in [-0.2, 0) is 10.2 Å². The van der Waals surface area contributed by atoms with Crippen LogP contribution in [0.2, 0.25) is 0 Å². The molecule has 3 heterocycles. The molecule has 4 aromatic carbocycles. The van der Waals surface area contributed by atoms with Gasteiger partial charge in [-0.25, -0.2) is 0 Å². The lowest BCUT2D eigenvalue weighted by molar-refractivity contribution is -0.122. The molecule has 1 spiro atoms. The Morgan fingerprint density at radius 1 is 0.833 bits per heavy atom. The molecule has 0 unspecified atom stereocenters. The first-order valence-corrected chi connectivity index (χ1v) is 13.8. The topological polar surface area (TPSA) is 84.9 Å². The van der Waals surface area contributed by atoms with E-state index in [9.17, 15) is 14.4 Å². The van der Waals surface area contributed by atoms with E-state index < -0.39 is 23.4 Å². The van der Waals surface area contributed by atoms with Crippen LogP contribution in [0.25, 0.3) is 6.08 Å². The van der Waals surface area contributed by atoms with Crippen LogP contribution in [0.4, 0.5) is 5.69 Å². The number of hydrogen-bond donors (Lipinski definition) is 1. The molecule has 4 aromatic rings. The van der Waals surface area contributed by atoms with Crippen LogP contribution >= 0.6 is 0 Å². The van der Waals surface area contributed by atoms with Gasteiger partial charge in [-0.3, -0.25) is 14.4 Å². The third-order valence-corrected chi connectivity index (χ3v) is 8.85. The Bertz CT molecular complexity index is 1780. The number of ether oxygens (including phenoxy) is 2. The van der Waals surface area contributed by atoms with Crippen molar-refractivity contribution in [2.75, 3.05) is 19.5 Å². The molecule has 1 fully saturated rings. The highest BCUT2D eigenvalue weighted by atomic mass is 16.5. The zero-order valence-electron chi connectivity index (χ0n) is 23.1. The highest BCUT2D eigenvalue weighted by molar-refractivity contribution is 6.17. The van der Waals surface area contributed by atoms with Crippen LogP contribution in [0.3, 0.4) is 0 Å². The lowest BCUT2D eigenvalue weighted by atomic mass is 9.62. The number of para-hydroxylation sites is 1. The average molecular weight is 557 g/mol. The monoisotopic (exact) mass is 556 g/mol. The third kappa shape index (κ3) is 3.49. The van der Waals surface area contributed by atoms with Gasteiger partial charge in [0, 0.05) is 17.5 Å². The first-order chi connectivity index (χ1) is 20.5. The minimum Gasteiger partial charge on any atom is -0.497 e. The van der Waals surface area contributed by atoms with Crippen molar-refractivity contribution in [3.63, 3.8) is 0 Å². The molecule has 3 aliphatic rings. The Labute approximate surface area is 243 Å². The van der Waals surface area contributed by atoms with Gasteiger partial charge in [0.25, 0.3) is 0 Å². The standard InChI is InChI=1S/C35H28N2O5/c1-41-23-16-17-28(42-2)25(20-23)32(39)30-29(31(38)22-11-4-3-5-12-22)35(26-14-8-9-15-27(26)36-34(35)40)33-24-13-7-6-10-21(24)18-19-37(30)33/h3-20,29-30,33H,1-2H3,(H,36,40)/t29-,30+,33+,35-/m1/s1. The number of nitrogens with zero attached hydrogens (tertiary/aromatic N) is 1. The van der Waals surface area contributed by atoms with Crippen LogP contribution in [0.1, 0.15) is 43.4 Å². The smallest absolute Gasteiger partial charge is 0.238 e. The molecular formula is C35H28N2O5. The van der Waals surface area contributed by atoms with E-state index in [2.05, 4.69) is 5.32 Å². The maximum absolute atomic E-state index is 14.9. The van der Waals surface area contributed by atoms with Gasteiger partial charge in [-0.1, -0.05) is 72.8 Å². The van der Waals surface area contributed by atoms with E-state index in [1.54, 1.807) is 42.5 Å². The summed E-state index contributed by atoms with van der Waals surface area (Å²) in [6.07, 6.45) is 3.80. The first-order valence-electron chi connectivity index (χ1n) is 13.8. The van der Waals surface area contributed by atoms with Gasteiger partial charge in [0.1, 0.15) is 23.0 Å². The Balaban J connectivity index is 1.54.